The molecule has 0 radical (unpaired) electrons. The van der Waals surface area contributed by atoms with Crippen LogP contribution in [0.25, 0.3) is 0 Å². The van der Waals surface area contributed by atoms with Crippen LogP contribution in [0, 0.1) is 12.7 Å². The van der Waals surface area contributed by atoms with Gasteiger partial charge in [-0.3, -0.25) is 0 Å². The van der Waals surface area contributed by atoms with Gasteiger partial charge >= 0.3 is 0 Å². The Kier molecular flexibility index (Phi) is 4.11. The molecule has 1 atom stereocenters. The average molecular weight is 243 g/mol. The van der Waals surface area contributed by atoms with Crippen LogP contribution in [0.4, 0.5) is 4.39 Å². The summed E-state index contributed by atoms with van der Waals surface area (Å²) in [6.45, 7) is 2.07. The molecule has 2 aromatic carbocycles. The molecule has 0 heterocycles. The van der Waals surface area contributed by atoms with Crippen LogP contribution in [0.1, 0.15) is 16.7 Å². The lowest BCUT2D eigenvalue weighted by atomic mass is 9.99. The van der Waals surface area contributed by atoms with Gasteiger partial charge in [0.15, 0.2) is 0 Å². The Bertz CT molecular complexity index is 505. The lowest BCUT2D eigenvalue weighted by Crippen LogP contribution is -2.25. The second-order valence-electron chi connectivity index (χ2n) is 4.78. The first kappa shape index (κ1) is 12.8. The molecule has 2 N–H and O–H groups in total. The fourth-order valence-electron chi connectivity index (χ4n) is 2.07. The Morgan fingerprint density at radius 1 is 1.00 bits per heavy atom. The summed E-state index contributed by atoms with van der Waals surface area (Å²) in [6.07, 6.45) is 1.52. The highest BCUT2D eigenvalue weighted by atomic mass is 19.1. The van der Waals surface area contributed by atoms with Crippen LogP contribution in [0.15, 0.2) is 48.5 Å². The molecular weight excluding hydrogens is 225 g/mol. The predicted octanol–water partition coefficient (Wildman–Crippen LogP) is 3.25. The Labute approximate surface area is 107 Å². The molecule has 2 heteroatoms. The molecule has 0 aliphatic carbocycles. The van der Waals surface area contributed by atoms with Crippen LogP contribution in [0.3, 0.4) is 0 Å². The molecular formula is C16H18FN. The van der Waals surface area contributed by atoms with Crippen molar-refractivity contribution in [2.45, 2.75) is 25.8 Å². The van der Waals surface area contributed by atoms with Crippen molar-refractivity contribution in [2.75, 3.05) is 0 Å². The second-order valence-corrected chi connectivity index (χ2v) is 4.78. The summed E-state index contributed by atoms with van der Waals surface area (Å²) in [7, 11) is 0. The summed E-state index contributed by atoms with van der Waals surface area (Å²) in [5.41, 5.74) is 9.53. The highest BCUT2D eigenvalue weighted by Gasteiger charge is 2.06. The molecule has 0 fully saturated rings. The van der Waals surface area contributed by atoms with E-state index < -0.39 is 0 Å². The van der Waals surface area contributed by atoms with E-state index in [-0.39, 0.29) is 11.9 Å². The molecule has 0 saturated carbocycles. The van der Waals surface area contributed by atoms with E-state index in [9.17, 15) is 4.39 Å². The van der Waals surface area contributed by atoms with Crippen LogP contribution >= 0.6 is 0 Å². The minimum atomic E-state index is -0.199. The number of hydrogen-bond donors (Lipinski definition) is 1. The Hall–Kier alpha value is -1.67. The van der Waals surface area contributed by atoms with Gasteiger partial charge in [0.2, 0.25) is 0 Å². The van der Waals surface area contributed by atoms with Crippen molar-refractivity contribution in [2.24, 2.45) is 5.73 Å². The van der Waals surface area contributed by atoms with Crippen LogP contribution in [0.2, 0.25) is 0 Å². The maximum absolute atomic E-state index is 13.0. The third-order valence-electron chi connectivity index (χ3n) is 3.01. The highest BCUT2D eigenvalue weighted by molar-refractivity contribution is 5.23. The molecule has 0 spiro atoms. The van der Waals surface area contributed by atoms with Gasteiger partial charge in [0, 0.05) is 6.04 Å². The molecule has 0 saturated heterocycles. The first-order chi connectivity index (χ1) is 8.63. The van der Waals surface area contributed by atoms with Crippen LogP contribution in [-0.2, 0) is 12.8 Å². The standard InChI is InChI=1S/C16H18FN/c1-12-5-7-13(8-6-12)10-16(18)11-14-3-2-4-15(17)9-14/h2-9,16H,10-11,18H2,1H3. The average Bonchev–Trinajstić information content (AvgIpc) is 2.32. The summed E-state index contributed by atoms with van der Waals surface area (Å²) >= 11 is 0. The monoisotopic (exact) mass is 243 g/mol. The number of rotatable bonds is 4. The molecule has 2 aromatic rings. The van der Waals surface area contributed by atoms with Gasteiger partial charge in [-0.25, -0.2) is 4.39 Å². The first-order valence-corrected chi connectivity index (χ1v) is 6.19. The van der Waals surface area contributed by atoms with E-state index in [1.54, 1.807) is 12.1 Å². The van der Waals surface area contributed by atoms with E-state index in [0.29, 0.717) is 6.42 Å². The molecule has 1 unspecified atom stereocenters. The summed E-state index contributed by atoms with van der Waals surface area (Å²) in [6, 6.07) is 15.0. The zero-order valence-corrected chi connectivity index (χ0v) is 10.6. The lowest BCUT2D eigenvalue weighted by molar-refractivity contribution is 0.618. The van der Waals surface area contributed by atoms with Gasteiger partial charge in [-0.15, -0.1) is 0 Å². The van der Waals surface area contributed by atoms with Gasteiger partial charge in [0.1, 0.15) is 5.82 Å². The summed E-state index contributed by atoms with van der Waals surface area (Å²) in [5, 5.41) is 0. The van der Waals surface area contributed by atoms with Crippen molar-refractivity contribution in [1.82, 2.24) is 0 Å². The molecule has 94 valence electrons. The summed E-state index contributed by atoms with van der Waals surface area (Å²) in [5.74, 6) is -0.199. The largest absolute Gasteiger partial charge is 0.327 e. The fourth-order valence-corrected chi connectivity index (χ4v) is 2.07. The van der Waals surface area contributed by atoms with Crippen LogP contribution in [0.5, 0.6) is 0 Å². The fraction of sp³-hybridized carbons (Fsp3) is 0.250. The van der Waals surface area contributed by atoms with Gasteiger partial charge in [-0.1, -0.05) is 42.0 Å². The van der Waals surface area contributed by atoms with Crippen molar-refractivity contribution < 1.29 is 4.39 Å². The van der Waals surface area contributed by atoms with E-state index in [4.69, 9.17) is 5.73 Å². The van der Waals surface area contributed by atoms with E-state index >= 15 is 0 Å². The molecule has 0 amide bonds. The van der Waals surface area contributed by atoms with E-state index in [2.05, 4.69) is 31.2 Å². The van der Waals surface area contributed by atoms with Crippen molar-refractivity contribution in [3.63, 3.8) is 0 Å². The quantitative estimate of drug-likeness (QED) is 0.876. The molecule has 0 bridgehead atoms. The van der Waals surface area contributed by atoms with Gasteiger partial charge < -0.3 is 5.73 Å². The summed E-state index contributed by atoms with van der Waals surface area (Å²) < 4.78 is 13.0. The minimum absolute atomic E-state index is 0.0227. The minimum Gasteiger partial charge on any atom is -0.327 e. The zero-order chi connectivity index (χ0) is 13.0. The van der Waals surface area contributed by atoms with Crippen molar-refractivity contribution in [3.05, 3.63) is 71.0 Å². The van der Waals surface area contributed by atoms with Gasteiger partial charge in [-0.2, -0.15) is 0 Å². The molecule has 0 aromatic heterocycles. The molecule has 18 heavy (non-hydrogen) atoms. The summed E-state index contributed by atoms with van der Waals surface area (Å²) in [4.78, 5) is 0. The number of hydrogen-bond acceptors (Lipinski definition) is 1. The maximum atomic E-state index is 13.0. The number of halogens is 1. The Morgan fingerprint density at radius 3 is 2.33 bits per heavy atom. The third-order valence-corrected chi connectivity index (χ3v) is 3.01. The molecule has 0 aliphatic heterocycles. The smallest absolute Gasteiger partial charge is 0.123 e. The van der Waals surface area contributed by atoms with Crippen molar-refractivity contribution in [1.29, 1.82) is 0 Å². The molecule has 0 aliphatic rings. The molecule has 1 nitrogen and oxygen atoms in total. The Morgan fingerprint density at radius 2 is 1.67 bits per heavy atom. The predicted molar refractivity (Wildman–Crippen MR) is 73.0 cm³/mol. The van der Waals surface area contributed by atoms with Crippen molar-refractivity contribution in [3.8, 4) is 0 Å². The van der Waals surface area contributed by atoms with Crippen LogP contribution < -0.4 is 5.73 Å². The topological polar surface area (TPSA) is 26.0 Å². The number of aryl methyl sites for hydroxylation is 1. The van der Waals surface area contributed by atoms with Crippen molar-refractivity contribution >= 4 is 0 Å². The van der Waals surface area contributed by atoms with E-state index in [0.717, 1.165) is 12.0 Å². The second kappa shape index (κ2) is 5.78. The third kappa shape index (κ3) is 3.67. The maximum Gasteiger partial charge on any atom is 0.123 e. The number of nitrogens with two attached hydrogens (primary N) is 1. The number of benzene rings is 2. The van der Waals surface area contributed by atoms with E-state index in [1.807, 2.05) is 6.07 Å². The normalized spacial score (nSPS) is 12.4. The first-order valence-electron chi connectivity index (χ1n) is 6.19. The van der Waals surface area contributed by atoms with Gasteiger partial charge in [-0.05, 0) is 43.0 Å². The van der Waals surface area contributed by atoms with E-state index in [1.165, 1.54) is 17.2 Å². The SMILES string of the molecule is Cc1ccc(CC(N)Cc2cccc(F)c2)cc1. The van der Waals surface area contributed by atoms with Gasteiger partial charge in [0.25, 0.3) is 0 Å². The Balaban J connectivity index is 1.96. The zero-order valence-electron chi connectivity index (χ0n) is 10.6. The van der Waals surface area contributed by atoms with Crippen LogP contribution in [-0.4, -0.2) is 6.04 Å². The highest BCUT2D eigenvalue weighted by Crippen LogP contribution is 2.10. The van der Waals surface area contributed by atoms with Gasteiger partial charge in [0.05, 0.1) is 0 Å². The molecule has 2 rings (SSSR count). The lowest BCUT2D eigenvalue weighted by Gasteiger charge is -2.12.